The summed E-state index contributed by atoms with van der Waals surface area (Å²) in [4.78, 5) is 23.4. The van der Waals surface area contributed by atoms with Crippen LogP contribution in [0.1, 0.15) is 21.9 Å². The number of aryl methyl sites for hydroxylation is 1. The SMILES string of the molecule is Cc1nc(NCCN2CCOCC2)cc(C(=O)Nc2ccc(C#N)cc2)n1. The van der Waals surface area contributed by atoms with Crippen molar-refractivity contribution in [1.82, 2.24) is 14.9 Å². The summed E-state index contributed by atoms with van der Waals surface area (Å²) in [6.45, 7) is 6.78. The molecule has 2 N–H and O–H groups in total. The lowest BCUT2D eigenvalue weighted by Gasteiger charge is -2.26. The second-order valence-electron chi connectivity index (χ2n) is 6.21. The number of nitrogens with zero attached hydrogens (tertiary/aromatic N) is 4. The highest BCUT2D eigenvalue weighted by Gasteiger charge is 2.12. The second kappa shape index (κ2) is 9.07. The standard InChI is InChI=1S/C19H22N6O2/c1-14-22-17(19(26)24-16-4-2-15(13-20)3-5-16)12-18(23-14)21-6-7-25-8-10-27-11-9-25/h2-5,12H,6-11H2,1H3,(H,24,26)(H,21,22,23). The van der Waals surface area contributed by atoms with Crippen molar-refractivity contribution in [1.29, 1.82) is 5.26 Å². The van der Waals surface area contributed by atoms with Crippen LogP contribution in [0.25, 0.3) is 0 Å². The summed E-state index contributed by atoms with van der Waals surface area (Å²) in [5.74, 6) is 0.832. The van der Waals surface area contributed by atoms with Gasteiger partial charge in [0.05, 0.1) is 24.8 Å². The van der Waals surface area contributed by atoms with E-state index >= 15 is 0 Å². The Morgan fingerprint density at radius 2 is 2.00 bits per heavy atom. The summed E-state index contributed by atoms with van der Waals surface area (Å²) >= 11 is 0. The first-order valence-electron chi connectivity index (χ1n) is 8.85. The summed E-state index contributed by atoms with van der Waals surface area (Å²) < 4.78 is 5.34. The van der Waals surface area contributed by atoms with Crippen LogP contribution in [0.5, 0.6) is 0 Å². The molecule has 2 heterocycles. The second-order valence-corrected chi connectivity index (χ2v) is 6.21. The van der Waals surface area contributed by atoms with E-state index in [1.165, 1.54) is 0 Å². The lowest BCUT2D eigenvalue weighted by molar-refractivity contribution is 0.0398. The minimum atomic E-state index is -0.318. The van der Waals surface area contributed by atoms with Crippen LogP contribution in [0.4, 0.5) is 11.5 Å². The third kappa shape index (κ3) is 5.48. The largest absolute Gasteiger partial charge is 0.379 e. The van der Waals surface area contributed by atoms with Crippen molar-refractivity contribution < 1.29 is 9.53 Å². The van der Waals surface area contributed by atoms with Crippen molar-refractivity contribution in [2.24, 2.45) is 0 Å². The van der Waals surface area contributed by atoms with Crippen LogP contribution in [-0.4, -0.2) is 60.2 Å². The number of anilines is 2. The number of hydrogen-bond acceptors (Lipinski definition) is 7. The summed E-state index contributed by atoms with van der Waals surface area (Å²) in [7, 11) is 0. The van der Waals surface area contributed by atoms with E-state index in [9.17, 15) is 4.79 Å². The Morgan fingerprint density at radius 1 is 1.26 bits per heavy atom. The van der Waals surface area contributed by atoms with Gasteiger partial charge in [-0.2, -0.15) is 5.26 Å². The van der Waals surface area contributed by atoms with Crippen molar-refractivity contribution in [3.63, 3.8) is 0 Å². The highest BCUT2D eigenvalue weighted by atomic mass is 16.5. The summed E-state index contributed by atoms with van der Waals surface area (Å²) in [6, 6.07) is 10.4. The van der Waals surface area contributed by atoms with Crippen molar-refractivity contribution in [3.05, 3.63) is 47.4 Å². The number of benzene rings is 1. The van der Waals surface area contributed by atoms with Gasteiger partial charge in [-0.05, 0) is 31.2 Å². The molecule has 1 aliphatic heterocycles. The molecule has 140 valence electrons. The van der Waals surface area contributed by atoms with Crippen LogP contribution in [0, 0.1) is 18.3 Å². The predicted molar refractivity (Wildman–Crippen MR) is 102 cm³/mol. The average Bonchev–Trinajstić information content (AvgIpc) is 2.69. The highest BCUT2D eigenvalue weighted by molar-refractivity contribution is 6.03. The number of carbonyl (C=O) groups is 1. The van der Waals surface area contributed by atoms with Gasteiger partial charge in [0.15, 0.2) is 0 Å². The Balaban J connectivity index is 1.59. The van der Waals surface area contributed by atoms with Gasteiger partial charge in [0.25, 0.3) is 5.91 Å². The first-order valence-corrected chi connectivity index (χ1v) is 8.85. The third-order valence-electron chi connectivity index (χ3n) is 4.18. The van der Waals surface area contributed by atoms with Gasteiger partial charge < -0.3 is 15.4 Å². The topological polar surface area (TPSA) is 103 Å². The van der Waals surface area contributed by atoms with Crippen LogP contribution >= 0.6 is 0 Å². The van der Waals surface area contributed by atoms with Gasteiger partial charge >= 0.3 is 0 Å². The van der Waals surface area contributed by atoms with E-state index in [0.29, 0.717) is 28.6 Å². The summed E-state index contributed by atoms with van der Waals surface area (Å²) in [5, 5.41) is 14.9. The Labute approximate surface area is 158 Å². The smallest absolute Gasteiger partial charge is 0.274 e. The molecule has 0 atom stereocenters. The first kappa shape index (κ1) is 18.8. The number of rotatable bonds is 6. The Bertz CT molecular complexity index is 825. The fourth-order valence-corrected chi connectivity index (χ4v) is 2.76. The van der Waals surface area contributed by atoms with E-state index in [1.807, 2.05) is 6.07 Å². The highest BCUT2D eigenvalue weighted by Crippen LogP contribution is 2.12. The number of morpholine rings is 1. The predicted octanol–water partition coefficient (Wildman–Crippen LogP) is 1.65. The third-order valence-corrected chi connectivity index (χ3v) is 4.18. The van der Waals surface area contributed by atoms with Crippen LogP contribution < -0.4 is 10.6 Å². The van der Waals surface area contributed by atoms with Gasteiger partial charge in [-0.25, -0.2) is 9.97 Å². The molecular weight excluding hydrogens is 344 g/mol. The molecule has 0 radical (unpaired) electrons. The molecule has 3 rings (SSSR count). The van der Waals surface area contributed by atoms with Gasteiger partial charge in [-0.3, -0.25) is 9.69 Å². The molecule has 1 aliphatic rings. The normalized spacial score (nSPS) is 14.4. The molecule has 1 saturated heterocycles. The number of carbonyl (C=O) groups excluding carboxylic acids is 1. The maximum absolute atomic E-state index is 12.5. The average molecular weight is 366 g/mol. The number of ether oxygens (including phenoxy) is 1. The number of hydrogen-bond donors (Lipinski definition) is 2. The summed E-state index contributed by atoms with van der Waals surface area (Å²) in [6.07, 6.45) is 0. The minimum absolute atomic E-state index is 0.292. The molecule has 8 nitrogen and oxygen atoms in total. The van der Waals surface area contributed by atoms with Gasteiger partial charge in [-0.1, -0.05) is 0 Å². The maximum atomic E-state index is 12.5. The minimum Gasteiger partial charge on any atom is -0.379 e. The molecule has 1 fully saturated rings. The molecule has 8 heteroatoms. The molecule has 1 aromatic carbocycles. The molecular formula is C19H22N6O2. The van der Waals surface area contributed by atoms with Crippen LogP contribution in [0.2, 0.25) is 0 Å². The zero-order valence-electron chi connectivity index (χ0n) is 15.2. The van der Waals surface area contributed by atoms with Crippen LogP contribution in [0.15, 0.2) is 30.3 Å². The number of nitriles is 1. The van der Waals surface area contributed by atoms with Crippen molar-refractivity contribution >= 4 is 17.4 Å². The van der Waals surface area contributed by atoms with Crippen LogP contribution in [-0.2, 0) is 4.74 Å². The maximum Gasteiger partial charge on any atom is 0.274 e. The molecule has 1 aromatic heterocycles. The molecule has 0 spiro atoms. The van der Waals surface area contributed by atoms with E-state index in [1.54, 1.807) is 37.3 Å². The molecule has 0 aliphatic carbocycles. The Hall–Kier alpha value is -3.02. The van der Waals surface area contributed by atoms with Gasteiger partial charge in [0.2, 0.25) is 0 Å². The molecule has 0 saturated carbocycles. The first-order chi connectivity index (χ1) is 13.1. The number of nitrogens with one attached hydrogen (secondary N) is 2. The van der Waals surface area contributed by atoms with Crippen LogP contribution in [0.3, 0.4) is 0 Å². The lowest BCUT2D eigenvalue weighted by atomic mass is 10.2. The van der Waals surface area contributed by atoms with Gasteiger partial charge in [0, 0.05) is 37.9 Å². The van der Waals surface area contributed by atoms with E-state index < -0.39 is 0 Å². The molecule has 0 unspecified atom stereocenters. The Morgan fingerprint density at radius 3 is 2.70 bits per heavy atom. The van der Waals surface area contributed by atoms with Crippen molar-refractivity contribution in [2.45, 2.75) is 6.92 Å². The zero-order chi connectivity index (χ0) is 19.1. The van der Waals surface area contributed by atoms with Gasteiger partial charge in [0.1, 0.15) is 17.3 Å². The van der Waals surface area contributed by atoms with E-state index in [0.717, 1.165) is 39.4 Å². The van der Waals surface area contributed by atoms with Crippen molar-refractivity contribution in [2.75, 3.05) is 50.0 Å². The zero-order valence-corrected chi connectivity index (χ0v) is 15.2. The fourth-order valence-electron chi connectivity index (χ4n) is 2.76. The quantitative estimate of drug-likeness (QED) is 0.801. The molecule has 27 heavy (non-hydrogen) atoms. The molecule has 0 bridgehead atoms. The number of amides is 1. The fraction of sp³-hybridized carbons (Fsp3) is 0.368. The monoisotopic (exact) mass is 366 g/mol. The molecule has 2 aromatic rings. The van der Waals surface area contributed by atoms with Gasteiger partial charge in [-0.15, -0.1) is 0 Å². The van der Waals surface area contributed by atoms with Crippen molar-refractivity contribution in [3.8, 4) is 6.07 Å². The van der Waals surface area contributed by atoms with E-state index in [2.05, 4.69) is 25.5 Å². The Kier molecular flexibility index (Phi) is 6.30. The lowest BCUT2D eigenvalue weighted by Crippen LogP contribution is -2.39. The summed E-state index contributed by atoms with van der Waals surface area (Å²) in [5.41, 5.74) is 1.44. The van der Waals surface area contributed by atoms with E-state index in [4.69, 9.17) is 10.00 Å². The molecule has 1 amide bonds. The number of aromatic nitrogens is 2. The van der Waals surface area contributed by atoms with E-state index in [-0.39, 0.29) is 5.91 Å².